The quantitative estimate of drug-likeness (QED) is 0.432. The van der Waals surface area contributed by atoms with E-state index in [2.05, 4.69) is 10.5 Å². The zero-order valence-corrected chi connectivity index (χ0v) is 16.3. The molecule has 5 nitrogen and oxygen atoms in total. The molecular formula is C20H24N2O3S. The summed E-state index contributed by atoms with van der Waals surface area (Å²) >= 11 is 1.50. The van der Waals surface area contributed by atoms with E-state index < -0.39 is 0 Å². The summed E-state index contributed by atoms with van der Waals surface area (Å²) in [5.41, 5.74) is 4.58. The van der Waals surface area contributed by atoms with Gasteiger partial charge in [-0.15, -0.1) is 11.8 Å². The lowest BCUT2D eigenvalue weighted by atomic mass is 10.2. The Morgan fingerprint density at radius 2 is 1.96 bits per heavy atom. The summed E-state index contributed by atoms with van der Waals surface area (Å²) in [6.45, 7) is 6.38. The van der Waals surface area contributed by atoms with Gasteiger partial charge in [0.15, 0.2) is 11.5 Å². The number of rotatable bonds is 8. The second kappa shape index (κ2) is 9.87. The Bertz CT molecular complexity index is 760. The average Bonchev–Trinajstić information content (AvgIpc) is 2.64. The number of amides is 1. The molecule has 0 aromatic heterocycles. The number of carbonyl (C=O) groups excluding carboxylic acids is 1. The van der Waals surface area contributed by atoms with Crippen LogP contribution in [0.1, 0.15) is 25.0 Å². The van der Waals surface area contributed by atoms with Gasteiger partial charge in [0.1, 0.15) is 0 Å². The Morgan fingerprint density at radius 3 is 2.62 bits per heavy atom. The van der Waals surface area contributed by atoms with Crippen LogP contribution in [-0.2, 0) is 4.79 Å². The van der Waals surface area contributed by atoms with Gasteiger partial charge in [0.05, 0.1) is 25.2 Å². The molecule has 0 spiro atoms. The van der Waals surface area contributed by atoms with Gasteiger partial charge in [-0.25, -0.2) is 5.43 Å². The van der Waals surface area contributed by atoms with Crippen LogP contribution in [0.4, 0.5) is 0 Å². The molecule has 0 bridgehead atoms. The summed E-state index contributed by atoms with van der Waals surface area (Å²) in [5.74, 6) is 1.16. The molecule has 0 unspecified atom stereocenters. The third-order valence-corrected chi connectivity index (χ3v) is 4.69. The molecule has 0 aliphatic rings. The summed E-state index contributed by atoms with van der Waals surface area (Å²) in [7, 11) is 1.59. The highest BCUT2D eigenvalue weighted by Gasteiger charge is 2.13. The van der Waals surface area contributed by atoms with Gasteiger partial charge < -0.3 is 9.47 Å². The Balaban J connectivity index is 1.92. The number of aryl methyl sites for hydroxylation is 1. The summed E-state index contributed by atoms with van der Waals surface area (Å²) in [4.78, 5) is 13.2. The number of hydrazone groups is 1. The first-order valence-electron chi connectivity index (χ1n) is 8.40. The fourth-order valence-corrected chi connectivity index (χ4v) is 3.04. The third kappa shape index (κ3) is 5.81. The maximum absolute atomic E-state index is 12.2. The molecule has 2 aromatic rings. The van der Waals surface area contributed by atoms with Crippen LogP contribution >= 0.6 is 11.8 Å². The fraction of sp³-hybridized carbons (Fsp3) is 0.300. The first kappa shape index (κ1) is 19.8. The van der Waals surface area contributed by atoms with Crippen molar-refractivity contribution in [2.24, 2.45) is 5.10 Å². The van der Waals surface area contributed by atoms with Crippen molar-refractivity contribution in [3.8, 4) is 11.5 Å². The predicted octanol–water partition coefficient (Wildman–Crippen LogP) is 4.03. The largest absolute Gasteiger partial charge is 0.493 e. The van der Waals surface area contributed by atoms with Crippen molar-refractivity contribution >= 4 is 23.9 Å². The molecule has 0 aliphatic carbocycles. The zero-order chi connectivity index (χ0) is 18.9. The Morgan fingerprint density at radius 1 is 1.23 bits per heavy atom. The highest BCUT2D eigenvalue weighted by molar-refractivity contribution is 8.00. The average molecular weight is 372 g/mol. The predicted molar refractivity (Wildman–Crippen MR) is 106 cm³/mol. The number of thioether (sulfide) groups is 1. The van der Waals surface area contributed by atoms with E-state index in [1.807, 2.05) is 63.2 Å². The van der Waals surface area contributed by atoms with E-state index >= 15 is 0 Å². The molecule has 1 N–H and O–H groups in total. The highest BCUT2D eigenvalue weighted by Crippen LogP contribution is 2.27. The zero-order valence-electron chi connectivity index (χ0n) is 15.5. The molecule has 138 valence electrons. The normalized spacial score (nSPS) is 12.0. The highest BCUT2D eigenvalue weighted by atomic mass is 32.2. The number of nitrogens with one attached hydrogen (secondary N) is 1. The van der Waals surface area contributed by atoms with Crippen LogP contribution in [-0.4, -0.2) is 31.1 Å². The number of benzene rings is 2. The van der Waals surface area contributed by atoms with Crippen LogP contribution in [0.3, 0.4) is 0 Å². The molecular weight excluding hydrogens is 348 g/mol. The molecule has 0 heterocycles. The lowest BCUT2D eigenvalue weighted by molar-refractivity contribution is -0.120. The topological polar surface area (TPSA) is 59.9 Å². The van der Waals surface area contributed by atoms with E-state index in [4.69, 9.17) is 9.47 Å². The maximum atomic E-state index is 12.2. The van der Waals surface area contributed by atoms with Crippen molar-refractivity contribution in [2.45, 2.75) is 30.9 Å². The third-order valence-electron chi connectivity index (χ3n) is 3.58. The van der Waals surface area contributed by atoms with Crippen molar-refractivity contribution < 1.29 is 14.3 Å². The number of methoxy groups -OCH3 is 1. The van der Waals surface area contributed by atoms with Gasteiger partial charge in [0.2, 0.25) is 0 Å². The van der Waals surface area contributed by atoms with E-state index in [1.165, 1.54) is 17.3 Å². The standard InChI is InChI=1S/C20H24N2O3S/c1-5-25-18-11-8-16(12-19(18)24-4)13-21-22-20(23)15(3)26-17-9-6-14(2)7-10-17/h6-13,15H,5H2,1-4H3,(H,22,23)/b21-13-/t15-/m0/s1. The SMILES string of the molecule is CCOc1ccc(/C=N\NC(=O)[C@H](C)Sc2ccc(C)cc2)cc1OC. The second-order valence-electron chi connectivity index (χ2n) is 5.65. The van der Waals surface area contributed by atoms with Crippen molar-refractivity contribution in [1.29, 1.82) is 0 Å². The monoisotopic (exact) mass is 372 g/mol. The van der Waals surface area contributed by atoms with Crippen molar-refractivity contribution in [1.82, 2.24) is 5.43 Å². The Kier molecular flexibility index (Phi) is 7.53. The summed E-state index contributed by atoms with van der Waals surface area (Å²) in [6, 6.07) is 13.6. The van der Waals surface area contributed by atoms with E-state index in [0.717, 1.165) is 10.5 Å². The molecule has 6 heteroatoms. The van der Waals surface area contributed by atoms with Crippen LogP contribution in [0, 0.1) is 6.92 Å². The van der Waals surface area contributed by atoms with Crippen LogP contribution in [0.25, 0.3) is 0 Å². The molecule has 1 amide bonds. The summed E-state index contributed by atoms with van der Waals surface area (Å²) in [5, 5.41) is 3.79. The van der Waals surface area contributed by atoms with Gasteiger partial charge in [-0.1, -0.05) is 17.7 Å². The van der Waals surface area contributed by atoms with E-state index in [-0.39, 0.29) is 11.2 Å². The van der Waals surface area contributed by atoms with Gasteiger partial charge in [-0.2, -0.15) is 5.10 Å². The van der Waals surface area contributed by atoms with Gasteiger partial charge in [-0.3, -0.25) is 4.79 Å². The minimum Gasteiger partial charge on any atom is -0.493 e. The Hall–Kier alpha value is -2.47. The molecule has 0 saturated carbocycles. The summed E-state index contributed by atoms with van der Waals surface area (Å²) in [6.07, 6.45) is 1.58. The number of hydrogen-bond acceptors (Lipinski definition) is 5. The van der Waals surface area contributed by atoms with Crippen molar-refractivity contribution in [3.63, 3.8) is 0 Å². The van der Waals surface area contributed by atoms with E-state index in [0.29, 0.717) is 18.1 Å². The van der Waals surface area contributed by atoms with E-state index in [1.54, 1.807) is 13.3 Å². The molecule has 2 aromatic carbocycles. The molecule has 1 atom stereocenters. The van der Waals surface area contributed by atoms with Gasteiger partial charge in [-0.05, 0) is 56.7 Å². The van der Waals surface area contributed by atoms with Gasteiger partial charge in [0, 0.05) is 4.90 Å². The molecule has 0 saturated heterocycles. The number of hydrogen-bond donors (Lipinski definition) is 1. The minimum absolute atomic E-state index is 0.148. The van der Waals surface area contributed by atoms with Gasteiger partial charge >= 0.3 is 0 Å². The second-order valence-corrected chi connectivity index (χ2v) is 7.06. The number of nitrogens with zero attached hydrogens (tertiary/aromatic N) is 1. The minimum atomic E-state index is -0.246. The first-order valence-corrected chi connectivity index (χ1v) is 9.28. The molecule has 26 heavy (non-hydrogen) atoms. The lowest BCUT2D eigenvalue weighted by Gasteiger charge is -2.10. The number of carbonyl (C=O) groups is 1. The van der Waals surface area contributed by atoms with E-state index in [9.17, 15) is 4.79 Å². The van der Waals surface area contributed by atoms with Crippen LogP contribution in [0.5, 0.6) is 11.5 Å². The van der Waals surface area contributed by atoms with Crippen molar-refractivity contribution in [2.75, 3.05) is 13.7 Å². The lowest BCUT2D eigenvalue weighted by Crippen LogP contribution is -2.26. The fourth-order valence-electron chi connectivity index (χ4n) is 2.18. The Labute approximate surface area is 158 Å². The van der Waals surface area contributed by atoms with Gasteiger partial charge in [0.25, 0.3) is 5.91 Å². The molecule has 2 rings (SSSR count). The molecule has 0 radical (unpaired) electrons. The van der Waals surface area contributed by atoms with Crippen LogP contribution in [0.2, 0.25) is 0 Å². The van der Waals surface area contributed by atoms with Crippen LogP contribution < -0.4 is 14.9 Å². The summed E-state index contributed by atoms with van der Waals surface area (Å²) < 4.78 is 10.8. The van der Waals surface area contributed by atoms with Crippen LogP contribution in [0.15, 0.2) is 52.5 Å². The van der Waals surface area contributed by atoms with Crippen molar-refractivity contribution in [3.05, 3.63) is 53.6 Å². The molecule has 0 fully saturated rings. The molecule has 0 aliphatic heterocycles. The maximum Gasteiger partial charge on any atom is 0.253 e. The first-order chi connectivity index (χ1) is 12.5. The smallest absolute Gasteiger partial charge is 0.253 e. The number of ether oxygens (including phenoxy) is 2.